The van der Waals surface area contributed by atoms with Crippen molar-refractivity contribution in [2.45, 2.75) is 13.3 Å². The summed E-state index contributed by atoms with van der Waals surface area (Å²) in [6, 6.07) is 10.6. The number of likely N-dealkylation sites (tertiary alicyclic amines) is 1. The van der Waals surface area contributed by atoms with Gasteiger partial charge in [0.25, 0.3) is 0 Å². The summed E-state index contributed by atoms with van der Waals surface area (Å²) < 4.78 is 0. The highest BCUT2D eigenvalue weighted by Crippen LogP contribution is 2.49. The highest BCUT2D eigenvalue weighted by molar-refractivity contribution is 5.87. The van der Waals surface area contributed by atoms with Gasteiger partial charge in [-0.3, -0.25) is 4.79 Å². The summed E-state index contributed by atoms with van der Waals surface area (Å²) in [5, 5.41) is 0. The Labute approximate surface area is 114 Å². The lowest BCUT2D eigenvalue weighted by molar-refractivity contribution is -0.125. The average Bonchev–Trinajstić information content (AvgIpc) is 2.90. The molecule has 2 nitrogen and oxygen atoms in total. The molecule has 1 fully saturated rings. The van der Waals surface area contributed by atoms with Gasteiger partial charge in [0.05, 0.1) is 0 Å². The van der Waals surface area contributed by atoms with E-state index in [1.807, 2.05) is 11.0 Å². The van der Waals surface area contributed by atoms with E-state index in [0.717, 1.165) is 19.5 Å². The van der Waals surface area contributed by atoms with Crippen LogP contribution in [-0.2, 0) is 4.79 Å². The lowest BCUT2D eigenvalue weighted by Gasteiger charge is -2.20. The van der Waals surface area contributed by atoms with E-state index in [9.17, 15) is 4.79 Å². The minimum atomic E-state index is 0.0605. The van der Waals surface area contributed by atoms with Gasteiger partial charge in [-0.15, -0.1) is 0 Å². The van der Waals surface area contributed by atoms with E-state index in [-0.39, 0.29) is 11.3 Å². The largest absolute Gasteiger partial charge is 0.338 e. The number of fused-ring (bicyclic) bond motifs is 1. The quantitative estimate of drug-likeness (QED) is 0.742. The second kappa shape index (κ2) is 4.37. The van der Waals surface area contributed by atoms with E-state index in [1.165, 1.54) is 17.2 Å². The van der Waals surface area contributed by atoms with Crippen molar-refractivity contribution in [3.05, 3.63) is 54.6 Å². The maximum Gasteiger partial charge on any atom is 0.245 e. The molecule has 1 aliphatic heterocycles. The first-order chi connectivity index (χ1) is 9.12. The van der Waals surface area contributed by atoms with Crippen LogP contribution in [0.1, 0.15) is 18.9 Å². The first-order valence-corrected chi connectivity index (χ1v) is 6.81. The Morgan fingerprint density at radius 1 is 1.42 bits per heavy atom. The van der Waals surface area contributed by atoms with Crippen LogP contribution in [0.4, 0.5) is 0 Å². The maximum absolute atomic E-state index is 11.7. The molecule has 2 heteroatoms. The number of hydrogen-bond acceptors (Lipinski definition) is 1. The molecule has 2 unspecified atom stereocenters. The van der Waals surface area contributed by atoms with Crippen LogP contribution < -0.4 is 0 Å². The molecule has 0 spiro atoms. The average molecular weight is 253 g/mol. The molecule has 0 N–H and O–H groups in total. The van der Waals surface area contributed by atoms with E-state index >= 15 is 0 Å². The van der Waals surface area contributed by atoms with Crippen LogP contribution in [0.3, 0.4) is 0 Å². The molecule has 19 heavy (non-hydrogen) atoms. The summed E-state index contributed by atoms with van der Waals surface area (Å²) in [5.74, 6) is 0.608. The van der Waals surface area contributed by atoms with Gasteiger partial charge in [-0.05, 0) is 29.6 Å². The number of carbonyl (C=O) groups excluding carboxylic acids is 1. The molecule has 0 radical (unpaired) electrons. The number of hydrogen-bond donors (Lipinski definition) is 0. The van der Waals surface area contributed by atoms with Crippen molar-refractivity contribution in [1.29, 1.82) is 0 Å². The van der Waals surface area contributed by atoms with E-state index < -0.39 is 0 Å². The van der Waals surface area contributed by atoms with Crippen molar-refractivity contribution in [2.24, 2.45) is 11.3 Å². The summed E-state index contributed by atoms with van der Waals surface area (Å²) >= 11 is 0. The number of allylic oxidation sites excluding steroid dienone is 1. The second-order valence-corrected chi connectivity index (χ2v) is 5.87. The third-order valence-corrected chi connectivity index (χ3v) is 4.51. The number of benzene rings is 1. The molecule has 98 valence electrons. The lowest BCUT2D eigenvalue weighted by Crippen LogP contribution is -2.28. The molecule has 1 aromatic rings. The summed E-state index contributed by atoms with van der Waals surface area (Å²) in [6.07, 6.45) is 4.87. The highest BCUT2D eigenvalue weighted by Gasteiger charge is 2.46. The number of amides is 1. The van der Waals surface area contributed by atoms with Gasteiger partial charge in [0.2, 0.25) is 5.91 Å². The summed E-state index contributed by atoms with van der Waals surface area (Å²) in [5.41, 5.74) is 2.88. The Kier molecular flexibility index (Phi) is 2.81. The highest BCUT2D eigenvalue weighted by atomic mass is 16.2. The Balaban J connectivity index is 1.84. The van der Waals surface area contributed by atoms with E-state index in [2.05, 4.69) is 43.8 Å². The molecule has 1 aliphatic carbocycles. The smallest absolute Gasteiger partial charge is 0.245 e. The van der Waals surface area contributed by atoms with Gasteiger partial charge in [-0.1, -0.05) is 49.9 Å². The van der Waals surface area contributed by atoms with E-state index in [4.69, 9.17) is 0 Å². The Bertz CT molecular complexity index is 546. The zero-order chi connectivity index (χ0) is 13.5. The minimum absolute atomic E-state index is 0.0605. The standard InChI is InChI=1S/C17H19NO/c1-3-16(19)18-11-15-9-14(10-17(15,2)12-18)13-7-5-4-6-8-13/h3-8,10,15H,1,9,11-12H2,2H3. The maximum atomic E-state index is 11.7. The molecule has 3 rings (SSSR count). The third-order valence-electron chi connectivity index (χ3n) is 4.51. The normalized spacial score (nSPS) is 29.0. The molecule has 1 amide bonds. The van der Waals surface area contributed by atoms with Crippen molar-refractivity contribution < 1.29 is 4.79 Å². The van der Waals surface area contributed by atoms with Crippen LogP contribution in [0.5, 0.6) is 0 Å². The molecule has 0 saturated carbocycles. The molecule has 0 bridgehead atoms. The van der Waals surface area contributed by atoms with Crippen LogP contribution in [0.2, 0.25) is 0 Å². The summed E-state index contributed by atoms with van der Waals surface area (Å²) in [6.45, 7) is 7.52. The van der Waals surface area contributed by atoms with E-state index in [0.29, 0.717) is 5.92 Å². The zero-order valence-corrected chi connectivity index (χ0v) is 11.3. The first kappa shape index (κ1) is 12.2. The lowest BCUT2D eigenvalue weighted by atomic mass is 9.83. The van der Waals surface area contributed by atoms with Gasteiger partial charge in [0, 0.05) is 18.5 Å². The van der Waals surface area contributed by atoms with Crippen LogP contribution in [0, 0.1) is 11.3 Å². The van der Waals surface area contributed by atoms with Crippen molar-refractivity contribution in [3.8, 4) is 0 Å². The van der Waals surface area contributed by atoms with Crippen molar-refractivity contribution in [1.82, 2.24) is 4.90 Å². The third kappa shape index (κ3) is 2.01. The predicted octanol–water partition coefficient (Wildman–Crippen LogP) is 3.12. The fourth-order valence-corrected chi connectivity index (χ4v) is 3.41. The Morgan fingerprint density at radius 3 is 2.79 bits per heavy atom. The molecule has 1 heterocycles. The van der Waals surface area contributed by atoms with Gasteiger partial charge in [0.1, 0.15) is 0 Å². The van der Waals surface area contributed by atoms with Gasteiger partial charge < -0.3 is 4.90 Å². The number of nitrogens with zero attached hydrogens (tertiary/aromatic N) is 1. The molecular weight excluding hydrogens is 234 g/mol. The topological polar surface area (TPSA) is 20.3 Å². The number of carbonyl (C=O) groups is 1. The molecule has 2 atom stereocenters. The van der Waals surface area contributed by atoms with Gasteiger partial charge >= 0.3 is 0 Å². The monoisotopic (exact) mass is 253 g/mol. The summed E-state index contributed by atoms with van der Waals surface area (Å²) in [4.78, 5) is 13.7. The fraction of sp³-hybridized carbons (Fsp3) is 0.353. The first-order valence-electron chi connectivity index (χ1n) is 6.81. The molecule has 1 saturated heterocycles. The van der Waals surface area contributed by atoms with Crippen LogP contribution in [0.15, 0.2) is 49.1 Å². The second-order valence-electron chi connectivity index (χ2n) is 5.87. The van der Waals surface area contributed by atoms with Crippen molar-refractivity contribution in [3.63, 3.8) is 0 Å². The van der Waals surface area contributed by atoms with E-state index in [1.54, 1.807) is 0 Å². The predicted molar refractivity (Wildman–Crippen MR) is 77.4 cm³/mol. The van der Waals surface area contributed by atoms with Crippen molar-refractivity contribution >= 4 is 11.5 Å². The molecule has 1 aromatic carbocycles. The zero-order valence-electron chi connectivity index (χ0n) is 11.3. The number of rotatable bonds is 2. The summed E-state index contributed by atoms with van der Waals surface area (Å²) in [7, 11) is 0. The molecule has 2 aliphatic rings. The minimum Gasteiger partial charge on any atom is -0.338 e. The van der Waals surface area contributed by atoms with Crippen LogP contribution in [-0.4, -0.2) is 23.9 Å². The molecule has 0 aromatic heterocycles. The SMILES string of the molecule is C=CC(=O)N1CC2CC(c3ccccc3)=CC2(C)C1. The Morgan fingerprint density at radius 2 is 2.16 bits per heavy atom. The fourth-order valence-electron chi connectivity index (χ4n) is 3.41. The van der Waals surface area contributed by atoms with Gasteiger partial charge in [-0.2, -0.15) is 0 Å². The van der Waals surface area contributed by atoms with Gasteiger partial charge in [-0.25, -0.2) is 0 Å². The Hall–Kier alpha value is -1.83. The molecular formula is C17H19NO. The van der Waals surface area contributed by atoms with Crippen molar-refractivity contribution in [2.75, 3.05) is 13.1 Å². The van der Waals surface area contributed by atoms with Gasteiger partial charge in [0.15, 0.2) is 0 Å². The van der Waals surface area contributed by atoms with Crippen LogP contribution in [0.25, 0.3) is 5.57 Å². The van der Waals surface area contributed by atoms with Crippen LogP contribution >= 0.6 is 0 Å².